The monoisotopic (exact) mass is 255 g/mol. The van der Waals surface area contributed by atoms with Gasteiger partial charge < -0.3 is 9.84 Å². The summed E-state index contributed by atoms with van der Waals surface area (Å²) >= 11 is 7.36. The van der Waals surface area contributed by atoms with Crippen molar-refractivity contribution in [2.45, 2.75) is 25.6 Å². The van der Waals surface area contributed by atoms with E-state index in [-0.39, 0.29) is 6.10 Å². The molecule has 16 heavy (non-hydrogen) atoms. The fraction of sp³-hybridized carbons (Fsp3) is 0.364. The second-order valence-corrected chi connectivity index (χ2v) is 5.54. The van der Waals surface area contributed by atoms with Crippen LogP contribution in [0.1, 0.15) is 12.5 Å². The zero-order valence-corrected chi connectivity index (χ0v) is 10.2. The Morgan fingerprint density at radius 1 is 1.62 bits per heavy atom. The van der Waals surface area contributed by atoms with Crippen LogP contribution in [0.4, 0.5) is 0 Å². The number of aliphatic hydroxyl groups excluding tert-OH is 1. The van der Waals surface area contributed by atoms with Crippen LogP contribution in [0, 0.1) is 0 Å². The summed E-state index contributed by atoms with van der Waals surface area (Å²) in [6.07, 6.45) is 0.107. The van der Waals surface area contributed by atoms with E-state index in [2.05, 4.69) is 4.98 Å². The molecule has 0 radical (unpaired) electrons. The molecule has 0 aliphatic carbocycles. The number of halogens is 1. The smallest absolute Gasteiger partial charge is 0.184 e. The van der Waals surface area contributed by atoms with E-state index in [0.717, 1.165) is 28.0 Å². The van der Waals surface area contributed by atoms with Crippen LogP contribution in [0.15, 0.2) is 12.1 Å². The van der Waals surface area contributed by atoms with Crippen LogP contribution in [0.5, 0.6) is 5.75 Å². The van der Waals surface area contributed by atoms with E-state index in [1.165, 1.54) is 11.3 Å². The molecule has 3 rings (SSSR count). The molecule has 0 saturated carbocycles. The SMILES string of the molecule is CC(O)[C@@H]1Cc2c(ccc3nc(Cl)sc23)O1. The Hall–Kier alpha value is -0.840. The highest BCUT2D eigenvalue weighted by molar-refractivity contribution is 7.22. The molecule has 0 spiro atoms. The molecule has 0 fully saturated rings. The molecule has 0 saturated heterocycles. The minimum Gasteiger partial charge on any atom is -0.487 e. The Bertz CT molecular complexity index is 552. The number of hydrogen-bond donors (Lipinski definition) is 1. The average molecular weight is 256 g/mol. The third-order valence-electron chi connectivity index (χ3n) is 2.81. The number of fused-ring (bicyclic) bond motifs is 3. The number of benzene rings is 1. The first-order valence-electron chi connectivity index (χ1n) is 5.08. The van der Waals surface area contributed by atoms with Crippen molar-refractivity contribution in [2.75, 3.05) is 0 Å². The highest BCUT2D eigenvalue weighted by atomic mass is 35.5. The van der Waals surface area contributed by atoms with Gasteiger partial charge in [-0.1, -0.05) is 11.6 Å². The lowest BCUT2D eigenvalue weighted by molar-refractivity contribution is 0.0632. The lowest BCUT2D eigenvalue weighted by Crippen LogP contribution is -2.26. The van der Waals surface area contributed by atoms with E-state index in [1.807, 2.05) is 12.1 Å². The third kappa shape index (κ3) is 1.49. The Balaban J connectivity index is 2.13. The van der Waals surface area contributed by atoms with Gasteiger partial charge in [-0.3, -0.25) is 0 Å². The van der Waals surface area contributed by atoms with Crippen molar-refractivity contribution in [2.24, 2.45) is 0 Å². The highest BCUT2D eigenvalue weighted by Crippen LogP contribution is 2.39. The van der Waals surface area contributed by atoms with E-state index in [1.54, 1.807) is 6.92 Å². The largest absolute Gasteiger partial charge is 0.487 e. The van der Waals surface area contributed by atoms with Crippen LogP contribution in [-0.2, 0) is 6.42 Å². The van der Waals surface area contributed by atoms with Gasteiger partial charge in [0.05, 0.1) is 16.3 Å². The van der Waals surface area contributed by atoms with Crippen molar-refractivity contribution >= 4 is 33.2 Å². The maximum absolute atomic E-state index is 9.54. The number of ether oxygens (including phenoxy) is 1. The Labute approximate surface area is 102 Å². The van der Waals surface area contributed by atoms with Gasteiger partial charge in [-0.05, 0) is 19.1 Å². The van der Waals surface area contributed by atoms with Crippen LogP contribution in [0.3, 0.4) is 0 Å². The molecule has 1 aromatic heterocycles. The normalized spacial score (nSPS) is 20.8. The second kappa shape index (κ2) is 3.58. The van der Waals surface area contributed by atoms with Gasteiger partial charge in [0.1, 0.15) is 11.9 Å². The van der Waals surface area contributed by atoms with Gasteiger partial charge in [-0.2, -0.15) is 0 Å². The zero-order chi connectivity index (χ0) is 11.3. The summed E-state index contributed by atoms with van der Waals surface area (Å²) in [5, 5.41) is 9.54. The molecular formula is C11H10ClNO2S. The van der Waals surface area contributed by atoms with Crippen LogP contribution in [0.2, 0.25) is 4.47 Å². The first-order chi connectivity index (χ1) is 7.65. The quantitative estimate of drug-likeness (QED) is 0.852. The molecule has 2 atom stereocenters. The number of aromatic nitrogens is 1. The van der Waals surface area contributed by atoms with Gasteiger partial charge in [-0.15, -0.1) is 11.3 Å². The number of hydrogen-bond acceptors (Lipinski definition) is 4. The lowest BCUT2D eigenvalue weighted by atomic mass is 10.1. The summed E-state index contributed by atoms with van der Waals surface area (Å²) in [5.41, 5.74) is 2.02. The minimum absolute atomic E-state index is 0.151. The summed E-state index contributed by atoms with van der Waals surface area (Å²) in [6.45, 7) is 1.74. The van der Waals surface area contributed by atoms with Crippen molar-refractivity contribution in [3.05, 3.63) is 22.2 Å². The van der Waals surface area contributed by atoms with E-state index in [9.17, 15) is 5.11 Å². The third-order valence-corrected chi connectivity index (χ3v) is 4.05. The summed E-state index contributed by atoms with van der Waals surface area (Å²) in [4.78, 5) is 4.23. The van der Waals surface area contributed by atoms with Gasteiger partial charge in [0, 0.05) is 12.0 Å². The Morgan fingerprint density at radius 3 is 3.19 bits per heavy atom. The molecule has 2 aromatic rings. The van der Waals surface area contributed by atoms with Gasteiger partial charge in [-0.25, -0.2) is 4.98 Å². The summed E-state index contributed by atoms with van der Waals surface area (Å²) in [6, 6.07) is 3.80. The molecule has 1 unspecified atom stereocenters. The maximum atomic E-state index is 9.54. The Morgan fingerprint density at radius 2 is 2.44 bits per heavy atom. The predicted octanol–water partition coefficient (Wildman–Crippen LogP) is 2.63. The van der Waals surface area contributed by atoms with E-state index in [0.29, 0.717) is 4.47 Å². The fourth-order valence-corrected chi connectivity index (χ4v) is 3.14. The molecule has 1 aromatic carbocycles. The summed E-state index contributed by atoms with van der Waals surface area (Å²) in [7, 11) is 0. The minimum atomic E-state index is -0.467. The summed E-state index contributed by atoms with van der Waals surface area (Å²) in [5.74, 6) is 0.846. The second-order valence-electron chi connectivity index (χ2n) is 3.96. The van der Waals surface area contributed by atoms with Crippen molar-refractivity contribution < 1.29 is 9.84 Å². The number of aliphatic hydroxyl groups is 1. The Kier molecular flexibility index (Phi) is 2.31. The van der Waals surface area contributed by atoms with E-state index < -0.39 is 6.10 Å². The number of thiazole rings is 1. The fourth-order valence-electron chi connectivity index (χ4n) is 1.98. The van der Waals surface area contributed by atoms with E-state index in [4.69, 9.17) is 16.3 Å². The molecule has 1 N–H and O–H groups in total. The first-order valence-corrected chi connectivity index (χ1v) is 6.27. The van der Waals surface area contributed by atoms with Gasteiger partial charge >= 0.3 is 0 Å². The van der Waals surface area contributed by atoms with Crippen molar-refractivity contribution in [1.82, 2.24) is 4.98 Å². The van der Waals surface area contributed by atoms with E-state index >= 15 is 0 Å². The molecule has 2 heterocycles. The molecular weight excluding hydrogens is 246 g/mol. The van der Waals surface area contributed by atoms with Crippen LogP contribution < -0.4 is 4.74 Å². The van der Waals surface area contributed by atoms with Crippen LogP contribution in [-0.4, -0.2) is 22.3 Å². The molecule has 1 aliphatic rings. The van der Waals surface area contributed by atoms with Crippen molar-refractivity contribution in [1.29, 1.82) is 0 Å². The number of nitrogens with zero attached hydrogens (tertiary/aromatic N) is 1. The predicted molar refractivity (Wildman–Crippen MR) is 64.4 cm³/mol. The van der Waals surface area contributed by atoms with Crippen LogP contribution >= 0.6 is 22.9 Å². The molecule has 3 nitrogen and oxygen atoms in total. The molecule has 0 amide bonds. The van der Waals surface area contributed by atoms with Gasteiger partial charge in [0.25, 0.3) is 0 Å². The molecule has 0 bridgehead atoms. The first kappa shape index (κ1) is 10.3. The van der Waals surface area contributed by atoms with Crippen molar-refractivity contribution in [3.8, 4) is 5.75 Å². The van der Waals surface area contributed by atoms with Gasteiger partial charge in [0.2, 0.25) is 0 Å². The molecule has 84 valence electrons. The van der Waals surface area contributed by atoms with Crippen molar-refractivity contribution in [3.63, 3.8) is 0 Å². The van der Waals surface area contributed by atoms with Gasteiger partial charge in [0.15, 0.2) is 4.47 Å². The standard InChI is InChI=1S/C11H10ClNO2S/c1-5(14)9-4-6-8(15-9)3-2-7-10(6)16-11(12)13-7/h2-3,5,9,14H,4H2,1H3/t5?,9-/m0/s1. The summed E-state index contributed by atoms with van der Waals surface area (Å²) < 4.78 is 7.29. The topological polar surface area (TPSA) is 42.4 Å². The highest BCUT2D eigenvalue weighted by Gasteiger charge is 2.29. The number of rotatable bonds is 1. The lowest BCUT2D eigenvalue weighted by Gasteiger charge is -2.12. The molecule has 5 heteroatoms. The maximum Gasteiger partial charge on any atom is 0.184 e. The van der Waals surface area contributed by atoms with Crippen LogP contribution in [0.25, 0.3) is 10.2 Å². The zero-order valence-electron chi connectivity index (χ0n) is 8.61. The average Bonchev–Trinajstić information content (AvgIpc) is 2.77. The molecule has 1 aliphatic heterocycles.